The van der Waals surface area contributed by atoms with Crippen molar-refractivity contribution in [3.8, 4) is 0 Å². The maximum Gasteiger partial charge on any atom is 0.226 e. The number of furan rings is 1. The number of hydrogen-bond acceptors (Lipinski definition) is 2. The highest BCUT2D eigenvalue weighted by Crippen LogP contribution is 2.49. The zero-order valence-corrected chi connectivity index (χ0v) is 12.1. The Morgan fingerprint density at radius 1 is 1.33 bits per heavy atom. The van der Waals surface area contributed by atoms with Gasteiger partial charge in [-0.1, -0.05) is 12.1 Å². The Balaban J connectivity index is 1.66. The van der Waals surface area contributed by atoms with Crippen molar-refractivity contribution in [2.24, 2.45) is 5.92 Å². The summed E-state index contributed by atoms with van der Waals surface area (Å²) in [5.41, 5.74) is 1.04. The Morgan fingerprint density at radius 3 is 2.67 bits per heavy atom. The van der Waals surface area contributed by atoms with Crippen molar-refractivity contribution in [1.29, 1.82) is 0 Å². The predicted molar refractivity (Wildman–Crippen MR) is 77.1 cm³/mol. The summed E-state index contributed by atoms with van der Waals surface area (Å²) >= 11 is 0. The van der Waals surface area contributed by atoms with Crippen molar-refractivity contribution < 1.29 is 13.6 Å². The lowest BCUT2D eigenvalue weighted by atomic mass is 10.1. The summed E-state index contributed by atoms with van der Waals surface area (Å²) in [5, 5.41) is 0. The molecule has 1 aromatic carbocycles. The van der Waals surface area contributed by atoms with Gasteiger partial charge in [0.1, 0.15) is 11.6 Å². The lowest BCUT2D eigenvalue weighted by Gasteiger charge is -2.23. The molecule has 0 saturated heterocycles. The quantitative estimate of drug-likeness (QED) is 0.858. The van der Waals surface area contributed by atoms with Crippen molar-refractivity contribution in [1.82, 2.24) is 4.90 Å². The molecule has 0 spiro atoms. The first kappa shape index (κ1) is 13.9. The van der Waals surface area contributed by atoms with E-state index >= 15 is 0 Å². The Morgan fingerprint density at radius 2 is 2.05 bits per heavy atom. The monoisotopic (exact) mass is 287 g/mol. The molecule has 0 N–H and O–H groups in total. The number of hydrogen-bond donors (Lipinski definition) is 0. The highest BCUT2D eigenvalue weighted by molar-refractivity contribution is 5.83. The van der Waals surface area contributed by atoms with Gasteiger partial charge in [-0.2, -0.15) is 0 Å². The Hall–Kier alpha value is -2.10. The van der Waals surface area contributed by atoms with Crippen LogP contribution in [0.5, 0.6) is 0 Å². The summed E-state index contributed by atoms with van der Waals surface area (Å²) in [6.45, 7) is 1.95. The van der Waals surface area contributed by atoms with Crippen molar-refractivity contribution in [2.45, 2.75) is 25.3 Å². The number of halogens is 1. The largest absolute Gasteiger partial charge is 0.467 e. The molecule has 0 bridgehead atoms. The van der Waals surface area contributed by atoms with Crippen LogP contribution in [0.25, 0.3) is 0 Å². The standard InChI is InChI=1S/C17H18FNO2/c1-11(16-4-3-9-21-16)19(2)17(20)15-10-14(15)12-5-7-13(18)8-6-12/h3-9,11,14-15H,10H2,1-2H3. The molecule has 1 fully saturated rings. The fourth-order valence-corrected chi connectivity index (χ4v) is 2.72. The van der Waals surface area contributed by atoms with Gasteiger partial charge in [-0.25, -0.2) is 4.39 Å². The van der Waals surface area contributed by atoms with Crippen LogP contribution in [0.3, 0.4) is 0 Å². The predicted octanol–water partition coefficient (Wildman–Crippen LogP) is 3.74. The SMILES string of the molecule is CC(c1ccco1)N(C)C(=O)C1CC1c1ccc(F)cc1. The lowest BCUT2D eigenvalue weighted by Crippen LogP contribution is -2.31. The van der Waals surface area contributed by atoms with Crippen LogP contribution in [-0.4, -0.2) is 17.9 Å². The molecular weight excluding hydrogens is 269 g/mol. The molecular formula is C17H18FNO2. The van der Waals surface area contributed by atoms with Crippen LogP contribution in [0.1, 0.15) is 36.6 Å². The van der Waals surface area contributed by atoms with Crippen molar-refractivity contribution in [3.63, 3.8) is 0 Å². The molecule has 1 aliphatic rings. The van der Waals surface area contributed by atoms with Gasteiger partial charge in [0.2, 0.25) is 5.91 Å². The third-order valence-corrected chi connectivity index (χ3v) is 4.29. The van der Waals surface area contributed by atoms with Gasteiger partial charge in [0.15, 0.2) is 0 Å². The topological polar surface area (TPSA) is 33.5 Å². The van der Waals surface area contributed by atoms with E-state index in [0.717, 1.165) is 17.7 Å². The molecule has 2 aromatic rings. The van der Waals surface area contributed by atoms with E-state index in [1.807, 2.05) is 19.1 Å². The number of nitrogens with zero attached hydrogens (tertiary/aromatic N) is 1. The molecule has 0 aliphatic heterocycles. The Labute approximate surface area is 123 Å². The minimum atomic E-state index is -0.245. The Kier molecular flexibility index (Phi) is 3.53. The summed E-state index contributed by atoms with van der Waals surface area (Å²) < 4.78 is 18.3. The maximum absolute atomic E-state index is 12.9. The van der Waals surface area contributed by atoms with E-state index in [1.165, 1.54) is 12.1 Å². The normalized spacial score (nSPS) is 21.9. The minimum Gasteiger partial charge on any atom is -0.467 e. The van der Waals surface area contributed by atoms with E-state index in [2.05, 4.69) is 0 Å². The first-order valence-electron chi connectivity index (χ1n) is 7.13. The average Bonchev–Trinajstić information content (AvgIpc) is 3.10. The zero-order chi connectivity index (χ0) is 15.0. The summed E-state index contributed by atoms with van der Waals surface area (Å²) in [5.74, 6) is 0.867. The van der Waals surface area contributed by atoms with Crippen LogP contribution < -0.4 is 0 Å². The molecule has 110 valence electrons. The van der Waals surface area contributed by atoms with Crippen LogP contribution >= 0.6 is 0 Å². The van der Waals surface area contributed by atoms with E-state index in [1.54, 1.807) is 30.3 Å². The fraction of sp³-hybridized carbons (Fsp3) is 0.353. The first-order valence-corrected chi connectivity index (χ1v) is 7.13. The third-order valence-electron chi connectivity index (χ3n) is 4.29. The highest BCUT2D eigenvalue weighted by atomic mass is 19.1. The van der Waals surface area contributed by atoms with Gasteiger partial charge in [-0.15, -0.1) is 0 Å². The van der Waals surface area contributed by atoms with Crippen molar-refractivity contribution in [3.05, 3.63) is 59.8 Å². The molecule has 3 rings (SSSR count). The minimum absolute atomic E-state index is 0.00197. The summed E-state index contributed by atoms with van der Waals surface area (Å²) in [6, 6.07) is 10.0. The van der Waals surface area contributed by atoms with E-state index in [0.29, 0.717) is 0 Å². The third kappa shape index (κ3) is 2.71. The second kappa shape index (κ2) is 5.35. The molecule has 4 heteroatoms. The number of amides is 1. The fourth-order valence-electron chi connectivity index (χ4n) is 2.72. The summed E-state index contributed by atoms with van der Waals surface area (Å²) in [6.07, 6.45) is 2.45. The van der Waals surface area contributed by atoms with E-state index in [-0.39, 0.29) is 29.6 Å². The van der Waals surface area contributed by atoms with E-state index in [9.17, 15) is 9.18 Å². The van der Waals surface area contributed by atoms with Gasteiger partial charge in [-0.05, 0) is 49.1 Å². The summed E-state index contributed by atoms with van der Waals surface area (Å²) in [7, 11) is 1.80. The highest BCUT2D eigenvalue weighted by Gasteiger charge is 2.45. The van der Waals surface area contributed by atoms with Gasteiger partial charge in [0.25, 0.3) is 0 Å². The molecule has 3 atom stereocenters. The second-order valence-corrected chi connectivity index (χ2v) is 5.64. The number of carbonyl (C=O) groups excluding carboxylic acids is 1. The van der Waals surface area contributed by atoms with Crippen LogP contribution in [-0.2, 0) is 4.79 Å². The van der Waals surface area contributed by atoms with Gasteiger partial charge in [0.05, 0.1) is 12.3 Å². The molecule has 21 heavy (non-hydrogen) atoms. The number of rotatable bonds is 4. The lowest BCUT2D eigenvalue weighted by molar-refractivity contribution is -0.133. The number of benzene rings is 1. The first-order chi connectivity index (χ1) is 10.1. The molecule has 1 saturated carbocycles. The van der Waals surface area contributed by atoms with Gasteiger partial charge in [-0.3, -0.25) is 4.79 Å². The molecule has 1 amide bonds. The van der Waals surface area contributed by atoms with Crippen LogP contribution in [0.2, 0.25) is 0 Å². The van der Waals surface area contributed by atoms with Crippen molar-refractivity contribution >= 4 is 5.91 Å². The molecule has 1 aliphatic carbocycles. The van der Waals surface area contributed by atoms with E-state index < -0.39 is 0 Å². The van der Waals surface area contributed by atoms with Gasteiger partial charge < -0.3 is 9.32 Å². The molecule has 3 unspecified atom stereocenters. The molecule has 1 heterocycles. The second-order valence-electron chi connectivity index (χ2n) is 5.64. The summed E-state index contributed by atoms with van der Waals surface area (Å²) in [4.78, 5) is 14.2. The number of carbonyl (C=O) groups is 1. The average molecular weight is 287 g/mol. The molecule has 1 aromatic heterocycles. The van der Waals surface area contributed by atoms with Crippen LogP contribution in [0.4, 0.5) is 4.39 Å². The smallest absolute Gasteiger partial charge is 0.226 e. The molecule has 3 nitrogen and oxygen atoms in total. The van der Waals surface area contributed by atoms with E-state index in [4.69, 9.17) is 4.42 Å². The van der Waals surface area contributed by atoms with Gasteiger partial charge in [0, 0.05) is 13.0 Å². The Bertz CT molecular complexity index is 621. The van der Waals surface area contributed by atoms with Crippen molar-refractivity contribution in [2.75, 3.05) is 7.05 Å². The van der Waals surface area contributed by atoms with Crippen LogP contribution in [0.15, 0.2) is 47.1 Å². The van der Waals surface area contributed by atoms with Gasteiger partial charge >= 0.3 is 0 Å². The van der Waals surface area contributed by atoms with Crippen LogP contribution in [0, 0.1) is 11.7 Å². The zero-order valence-electron chi connectivity index (χ0n) is 12.1. The molecule has 0 radical (unpaired) electrons. The maximum atomic E-state index is 12.9.